The van der Waals surface area contributed by atoms with Gasteiger partial charge in [-0.1, -0.05) is 11.8 Å². The molecule has 1 N–H and O–H groups in total. The molecule has 0 bridgehead atoms. The first-order valence-electron chi connectivity index (χ1n) is 5.46. The predicted octanol–water partition coefficient (Wildman–Crippen LogP) is 3.01. The SMILES string of the molecule is O=S(=O)(O)c1ccc(Sc2ccc(S(=O)(=O)Cl)cc2)cc1. The molecule has 21 heavy (non-hydrogen) atoms. The lowest BCUT2D eigenvalue weighted by Crippen LogP contribution is -1.96. The van der Waals surface area contributed by atoms with Crippen LogP contribution in [0.25, 0.3) is 0 Å². The quantitative estimate of drug-likeness (QED) is 0.662. The molecule has 0 aliphatic heterocycles. The van der Waals surface area contributed by atoms with Gasteiger partial charge in [-0.3, -0.25) is 4.55 Å². The molecule has 0 unspecified atom stereocenters. The Labute approximate surface area is 131 Å². The van der Waals surface area contributed by atoms with Gasteiger partial charge in [0.1, 0.15) is 0 Å². The predicted molar refractivity (Wildman–Crippen MR) is 79.9 cm³/mol. The van der Waals surface area contributed by atoms with E-state index in [1.807, 2.05) is 0 Å². The summed E-state index contributed by atoms with van der Waals surface area (Å²) in [5.41, 5.74) is 0. The first kappa shape index (κ1) is 16.3. The van der Waals surface area contributed by atoms with Crippen molar-refractivity contribution in [2.45, 2.75) is 19.6 Å². The lowest BCUT2D eigenvalue weighted by molar-refractivity contribution is 0.483. The topological polar surface area (TPSA) is 88.5 Å². The van der Waals surface area contributed by atoms with Crippen LogP contribution in [0, 0.1) is 0 Å². The van der Waals surface area contributed by atoms with E-state index in [-0.39, 0.29) is 9.79 Å². The third-order valence-electron chi connectivity index (χ3n) is 2.46. The number of hydrogen-bond donors (Lipinski definition) is 1. The fourth-order valence-electron chi connectivity index (χ4n) is 1.49. The Kier molecular flexibility index (Phi) is 4.64. The number of hydrogen-bond acceptors (Lipinski definition) is 5. The number of rotatable bonds is 4. The van der Waals surface area contributed by atoms with Crippen molar-refractivity contribution in [3.8, 4) is 0 Å². The lowest BCUT2D eigenvalue weighted by atomic mass is 10.4. The molecule has 0 atom stereocenters. The highest BCUT2D eigenvalue weighted by atomic mass is 35.7. The van der Waals surface area contributed by atoms with Crippen molar-refractivity contribution in [1.82, 2.24) is 0 Å². The van der Waals surface area contributed by atoms with Crippen LogP contribution in [0.4, 0.5) is 0 Å². The Bertz CT molecular complexity index is 767. The molecule has 0 aromatic heterocycles. The first-order chi connectivity index (χ1) is 9.66. The van der Waals surface area contributed by atoms with E-state index in [1.54, 1.807) is 24.3 Å². The van der Waals surface area contributed by atoms with E-state index in [1.165, 1.54) is 36.0 Å². The van der Waals surface area contributed by atoms with Crippen molar-refractivity contribution in [1.29, 1.82) is 0 Å². The maximum Gasteiger partial charge on any atom is 0.294 e. The second-order valence-electron chi connectivity index (χ2n) is 3.96. The van der Waals surface area contributed by atoms with Gasteiger partial charge in [0.2, 0.25) is 0 Å². The highest BCUT2D eigenvalue weighted by Crippen LogP contribution is 2.29. The Hall–Kier alpha value is -1.06. The van der Waals surface area contributed by atoms with Crippen molar-refractivity contribution in [2.24, 2.45) is 0 Å². The number of benzene rings is 2. The van der Waals surface area contributed by atoms with E-state index in [0.717, 1.165) is 9.79 Å². The molecule has 0 aliphatic rings. The molecule has 0 radical (unpaired) electrons. The van der Waals surface area contributed by atoms with Crippen LogP contribution in [0.1, 0.15) is 0 Å². The summed E-state index contributed by atoms with van der Waals surface area (Å²) in [5, 5.41) is 0. The van der Waals surface area contributed by atoms with Crippen LogP contribution in [0.5, 0.6) is 0 Å². The van der Waals surface area contributed by atoms with E-state index in [0.29, 0.717) is 0 Å². The van der Waals surface area contributed by atoms with E-state index in [4.69, 9.17) is 15.2 Å². The van der Waals surface area contributed by atoms with Gasteiger partial charge < -0.3 is 0 Å². The first-order valence-corrected chi connectivity index (χ1v) is 10.0. The molecule has 0 saturated carbocycles. The van der Waals surface area contributed by atoms with Crippen LogP contribution in [0.15, 0.2) is 68.1 Å². The van der Waals surface area contributed by atoms with Crippen LogP contribution >= 0.6 is 22.4 Å². The summed E-state index contributed by atoms with van der Waals surface area (Å²) in [5.74, 6) is 0. The standard InChI is InChI=1S/C12H9ClO5S3/c13-20(14,15)11-5-1-9(2-6-11)19-10-3-7-12(8-4-10)21(16,17)18/h1-8H,(H,16,17,18). The van der Waals surface area contributed by atoms with Gasteiger partial charge >= 0.3 is 0 Å². The maximum absolute atomic E-state index is 11.1. The molecule has 2 aromatic carbocycles. The highest BCUT2D eigenvalue weighted by molar-refractivity contribution is 8.13. The molecule has 0 heterocycles. The summed E-state index contributed by atoms with van der Waals surface area (Å²) < 4.78 is 52.9. The normalized spacial score (nSPS) is 12.3. The maximum atomic E-state index is 11.1. The minimum absolute atomic E-state index is 0.00948. The van der Waals surface area contributed by atoms with E-state index >= 15 is 0 Å². The zero-order chi connectivity index (χ0) is 15.7. The molecule has 2 rings (SSSR count). The average Bonchev–Trinajstić information content (AvgIpc) is 2.38. The zero-order valence-corrected chi connectivity index (χ0v) is 13.5. The molecule has 0 fully saturated rings. The van der Waals surface area contributed by atoms with Crippen molar-refractivity contribution >= 4 is 41.6 Å². The second-order valence-corrected chi connectivity index (χ2v) is 9.09. The summed E-state index contributed by atoms with van der Waals surface area (Å²) in [7, 11) is -2.73. The summed E-state index contributed by atoms with van der Waals surface area (Å²) in [4.78, 5) is 1.33. The van der Waals surface area contributed by atoms with Gasteiger partial charge in [0.25, 0.3) is 19.2 Å². The van der Waals surface area contributed by atoms with Gasteiger partial charge in [-0.05, 0) is 48.5 Å². The van der Waals surface area contributed by atoms with Crippen LogP contribution in [-0.2, 0) is 19.2 Å². The summed E-state index contributed by atoms with van der Waals surface area (Å²) in [6.07, 6.45) is 0. The van der Waals surface area contributed by atoms with Gasteiger partial charge in [0, 0.05) is 20.5 Å². The molecule has 112 valence electrons. The minimum atomic E-state index is -4.21. The van der Waals surface area contributed by atoms with Gasteiger partial charge in [0.15, 0.2) is 0 Å². The van der Waals surface area contributed by atoms with Crippen molar-refractivity contribution in [3.63, 3.8) is 0 Å². The van der Waals surface area contributed by atoms with Gasteiger partial charge in [-0.2, -0.15) is 8.42 Å². The van der Waals surface area contributed by atoms with Crippen molar-refractivity contribution in [3.05, 3.63) is 48.5 Å². The monoisotopic (exact) mass is 364 g/mol. The van der Waals surface area contributed by atoms with Gasteiger partial charge in [-0.15, -0.1) is 0 Å². The molecule has 0 amide bonds. The molecule has 2 aromatic rings. The molecule has 0 spiro atoms. The lowest BCUT2D eigenvalue weighted by Gasteiger charge is -2.03. The number of halogens is 1. The van der Waals surface area contributed by atoms with Crippen LogP contribution < -0.4 is 0 Å². The third-order valence-corrected chi connectivity index (χ3v) is 5.72. The molecular formula is C12H9ClO5S3. The van der Waals surface area contributed by atoms with Gasteiger partial charge in [0.05, 0.1) is 9.79 Å². The average molecular weight is 365 g/mol. The minimum Gasteiger partial charge on any atom is -0.282 e. The van der Waals surface area contributed by atoms with Crippen LogP contribution in [0.3, 0.4) is 0 Å². The van der Waals surface area contributed by atoms with Gasteiger partial charge in [-0.25, -0.2) is 8.42 Å². The molecule has 0 saturated heterocycles. The van der Waals surface area contributed by atoms with E-state index in [9.17, 15) is 16.8 Å². The fourth-order valence-corrected chi connectivity index (χ4v) is 3.55. The molecule has 5 nitrogen and oxygen atoms in total. The smallest absolute Gasteiger partial charge is 0.282 e. The highest BCUT2D eigenvalue weighted by Gasteiger charge is 2.10. The van der Waals surface area contributed by atoms with Crippen LogP contribution in [-0.4, -0.2) is 21.4 Å². The largest absolute Gasteiger partial charge is 0.294 e. The van der Waals surface area contributed by atoms with Crippen molar-refractivity contribution in [2.75, 3.05) is 0 Å². The van der Waals surface area contributed by atoms with E-state index in [2.05, 4.69) is 0 Å². The molecule has 0 aliphatic carbocycles. The third kappa shape index (κ3) is 4.45. The molecular weight excluding hydrogens is 356 g/mol. The summed E-state index contributed by atoms with van der Waals surface area (Å²) >= 11 is 1.31. The summed E-state index contributed by atoms with van der Waals surface area (Å²) in [6, 6.07) is 11.6. The second kappa shape index (κ2) is 5.98. The Morgan fingerprint density at radius 1 is 0.762 bits per heavy atom. The molecule has 9 heteroatoms. The Morgan fingerprint density at radius 3 is 1.48 bits per heavy atom. The zero-order valence-electron chi connectivity index (χ0n) is 10.3. The van der Waals surface area contributed by atoms with Crippen molar-refractivity contribution < 1.29 is 21.4 Å². The Balaban J connectivity index is 2.19. The summed E-state index contributed by atoms with van der Waals surface area (Å²) in [6.45, 7) is 0. The van der Waals surface area contributed by atoms with E-state index < -0.39 is 19.2 Å². The Morgan fingerprint density at radius 2 is 1.14 bits per heavy atom. The fraction of sp³-hybridized carbons (Fsp3) is 0. The van der Waals surface area contributed by atoms with Crippen LogP contribution in [0.2, 0.25) is 0 Å².